The molecule has 0 unspecified atom stereocenters. The standard InChI is InChI=1S/C25H32N/c1-16(2)24(17(3)4)21-11-12-23-20(15-21)13-14-26(7)25(23)22-10-8-9-18(5)19(22)6/h8-17,24H,1-7H3/q+1/i8D. The van der Waals surface area contributed by atoms with E-state index in [0.717, 1.165) is 5.56 Å². The predicted octanol–water partition coefficient (Wildman–Crippen LogP) is 6.34. The van der Waals surface area contributed by atoms with Gasteiger partial charge in [-0.3, -0.25) is 0 Å². The van der Waals surface area contributed by atoms with Crippen LogP contribution in [0.2, 0.25) is 0 Å². The first kappa shape index (κ1) is 17.3. The fraction of sp³-hybridized carbons (Fsp3) is 0.400. The molecule has 3 aromatic rings. The Kier molecular flexibility index (Phi) is 4.80. The Hall–Kier alpha value is -2.15. The summed E-state index contributed by atoms with van der Waals surface area (Å²) in [5.41, 5.74) is 6.20. The molecule has 136 valence electrons. The minimum absolute atomic E-state index is 0.562. The molecule has 0 N–H and O–H groups in total. The van der Waals surface area contributed by atoms with Crippen molar-refractivity contribution in [2.45, 2.75) is 47.5 Å². The van der Waals surface area contributed by atoms with E-state index < -0.39 is 0 Å². The van der Waals surface area contributed by atoms with Gasteiger partial charge >= 0.3 is 0 Å². The zero-order valence-corrected chi connectivity index (χ0v) is 17.2. The molecule has 0 saturated heterocycles. The molecule has 0 amide bonds. The lowest BCUT2D eigenvalue weighted by Crippen LogP contribution is -2.30. The molecule has 3 rings (SSSR count). The highest BCUT2D eigenvalue weighted by atomic mass is 14.9. The minimum atomic E-state index is 0.562. The van der Waals surface area contributed by atoms with Crippen LogP contribution in [-0.2, 0) is 7.05 Å². The Labute approximate surface area is 160 Å². The van der Waals surface area contributed by atoms with Crippen molar-refractivity contribution in [1.82, 2.24) is 0 Å². The summed E-state index contributed by atoms with van der Waals surface area (Å²) in [6.45, 7) is 13.5. The van der Waals surface area contributed by atoms with Gasteiger partial charge in [0.25, 0.3) is 0 Å². The quantitative estimate of drug-likeness (QED) is 0.485. The SMILES string of the molecule is [2H]c1cc(C)c(C)c(-c2c3ccc(C(C(C)C)C(C)C)cc3cc[n+]2C)c1. The van der Waals surface area contributed by atoms with Crippen LogP contribution in [0.3, 0.4) is 0 Å². The van der Waals surface area contributed by atoms with Gasteiger partial charge in [-0.2, -0.15) is 0 Å². The molecule has 1 nitrogen and oxygen atoms in total. The van der Waals surface area contributed by atoms with Crippen LogP contribution in [0.5, 0.6) is 0 Å². The number of fused-ring (bicyclic) bond motifs is 1. The van der Waals surface area contributed by atoms with Crippen molar-refractivity contribution in [3.8, 4) is 11.3 Å². The van der Waals surface area contributed by atoms with Gasteiger partial charge in [-0.05, 0) is 65.8 Å². The fourth-order valence-corrected chi connectivity index (χ4v) is 4.40. The van der Waals surface area contributed by atoms with Crippen LogP contribution in [0.25, 0.3) is 22.0 Å². The molecule has 0 aliphatic rings. The number of rotatable bonds is 4. The highest BCUT2D eigenvalue weighted by Crippen LogP contribution is 2.35. The summed E-state index contributed by atoms with van der Waals surface area (Å²) in [6.07, 6.45) is 2.15. The van der Waals surface area contributed by atoms with E-state index in [2.05, 4.69) is 83.6 Å². The second-order valence-electron chi connectivity index (χ2n) is 8.31. The fourth-order valence-electron chi connectivity index (χ4n) is 4.40. The number of aryl methyl sites for hydroxylation is 2. The average Bonchev–Trinajstić information content (AvgIpc) is 2.58. The van der Waals surface area contributed by atoms with E-state index in [1.165, 1.54) is 33.2 Å². The summed E-state index contributed by atoms with van der Waals surface area (Å²) in [6, 6.07) is 13.7. The van der Waals surface area contributed by atoms with Crippen LogP contribution in [0, 0.1) is 25.7 Å². The number of aromatic nitrogens is 1. The van der Waals surface area contributed by atoms with Gasteiger partial charge in [0.15, 0.2) is 6.20 Å². The smallest absolute Gasteiger partial charge is 0.200 e. The summed E-state index contributed by atoms with van der Waals surface area (Å²) in [5.74, 6) is 1.80. The number of pyridine rings is 1. The Bertz CT molecular complexity index is 977. The third-order valence-corrected chi connectivity index (χ3v) is 5.76. The normalized spacial score (nSPS) is 12.5. The van der Waals surface area contributed by atoms with Crippen molar-refractivity contribution in [1.29, 1.82) is 0 Å². The lowest BCUT2D eigenvalue weighted by Gasteiger charge is -2.25. The van der Waals surface area contributed by atoms with E-state index in [9.17, 15) is 0 Å². The van der Waals surface area contributed by atoms with Crippen molar-refractivity contribution in [2.75, 3.05) is 0 Å². The molecule has 1 aromatic heterocycles. The minimum Gasteiger partial charge on any atom is -0.200 e. The Morgan fingerprint density at radius 2 is 1.62 bits per heavy atom. The molecule has 0 atom stereocenters. The van der Waals surface area contributed by atoms with E-state index in [0.29, 0.717) is 23.8 Å². The highest BCUT2D eigenvalue weighted by Gasteiger charge is 2.22. The summed E-state index contributed by atoms with van der Waals surface area (Å²) in [5, 5.41) is 2.53. The van der Waals surface area contributed by atoms with Gasteiger partial charge in [-0.1, -0.05) is 51.9 Å². The summed E-state index contributed by atoms with van der Waals surface area (Å²) in [4.78, 5) is 0. The molecule has 2 aromatic carbocycles. The van der Waals surface area contributed by atoms with Crippen molar-refractivity contribution >= 4 is 10.8 Å². The summed E-state index contributed by atoms with van der Waals surface area (Å²) < 4.78 is 10.4. The van der Waals surface area contributed by atoms with Gasteiger partial charge in [0.2, 0.25) is 5.69 Å². The molecule has 0 saturated carbocycles. The van der Waals surface area contributed by atoms with Gasteiger partial charge in [-0.15, -0.1) is 0 Å². The number of benzene rings is 2. The van der Waals surface area contributed by atoms with Crippen molar-refractivity contribution < 1.29 is 5.94 Å². The van der Waals surface area contributed by atoms with E-state index in [-0.39, 0.29) is 0 Å². The van der Waals surface area contributed by atoms with Gasteiger partial charge in [0.1, 0.15) is 7.05 Å². The van der Waals surface area contributed by atoms with E-state index >= 15 is 0 Å². The molecule has 26 heavy (non-hydrogen) atoms. The summed E-state index contributed by atoms with van der Waals surface area (Å²) in [7, 11) is 2.10. The van der Waals surface area contributed by atoms with Crippen LogP contribution in [0.4, 0.5) is 0 Å². The Balaban J connectivity index is 2.26. The van der Waals surface area contributed by atoms with Crippen molar-refractivity contribution in [2.24, 2.45) is 18.9 Å². The Morgan fingerprint density at radius 3 is 2.27 bits per heavy atom. The van der Waals surface area contributed by atoms with Crippen LogP contribution >= 0.6 is 0 Å². The van der Waals surface area contributed by atoms with E-state index in [1.54, 1.807) is 0 Å². The monoisotopic (exact) mass is 347 g/mol. The first-order valence-electron chi connectivity index (χ1n) is 10.2. The molecular weight excluding hydrogens is 314 g/mol. The Morgan fingerprint density at radius 1 is 0.923 bits per heavy atom. The van der Waals surface area contributed by atoms with Gasteiger partial charge in [0.05, 0.1) is 6.76 Å². The maximum absolute atomic E-state index is 8.18. The molecule has 0 fully saturated rings. The molecule has 0 radical (unpaired) electrons. The van der Waals surface area contributed by atoms with E-state index in [1.807, 2.05) is 12.1 Å². The van der Waals surface area contributed by atoms with Crippen LogP contribution in [0.1, 0.15) is 51.7 Å². The van der Waals surface area contributed by atoms with Gasteiger partial charge in [-0.25, -0.2) is 4.57 Å². The third kappa shape index (κ3) is 3.28. The highest BCUT2D eigenvalue weighted by molar-refractivity contribution is 5.94. The van der Waals surface area contributed by atoms with Gasteiger partial charge in [0, 0.05) is 11.6 Å². The van der Waals surface area contributed by atoms with Crippen molar-refractivity contribution in [3.63, 3.8) is 0 Å². The zero-order chi connectivity index (χ0) is 19.9. The number of hydrogen-bond acceptors (Lipinski definition) is 0. The average molecular weight is 348 g/mol. The zero-order valence-electron chi connectivity index (χ0n) is 18.2. The van der Waals surface area contributed by atoms with Crippen molar-refractivity contribution in [3.05, 3.63) is 65.3 Å². The molecular formula is C25H32N+. The number of nitrogens with zero attached hydrogens (tertiary/aromatic N) is 1. The first-order chi connectivity index (χ1) is 12.7. The first-order valence-corrected chi connectivity index (χ1v) is 9.71. The van der Waals surface area contributed by atoms with Crippen LogP contribution in [0.15, 0.2) is 48.6 Å². The maximum Gasteiger partial charge on any atom is 0.220 e. The molecule has 0 aliphatic carbocycles. The lowest BCUT2D eigenvalue weighted by molar-refractivity contribution is -0.659. The molecule has 0 aliphatic heterocycles. The molecule has 0 bridgehead atoms. The largest absolute Gasteiger partial charge is 0.220 e. The summed E-state index contributed by atoms with van der Waals surface area (Å²) >= 11 is 0. The molecule has 1 heterocycles. The maximum atomic E-state index is 8.18. The second-order valence-corrected chi connectivity index (χ2v) is 8.31. The van der Waals surface area contributed by atoms with Gasteiger partial charge < -0.3 is 0 Å². The topological polar surface area (TPSA) is 3.88 Å². The lowest BCUT2D eigenvalue weighted by atomic mass is 9.79. The predicted molar refractivity (Wildman–Crippen MR) is 112 cm³/mol. The van der Waals surface area contributed by atoms with E-state index in [4.69, 9.17) is 1.37 Å². The molecule has 1 heteroatoms. The number of hydrogen-bond donors (Lipinski definition) is 0. The third-order valence-electron chi connectivity index (χ3n) is 5.76. The van der Waals surface area contributed by atoms with Crippen LogP contribution in [-0.4, -0.2) is 0 Å². The second kappa shape index (κ2) is 7.23. The molecule has 0 spiro atoms. The van der Waals surface area contributed by atoms with Crippen LogP contribution < -0.4 is 4.57 Å².